The van der Waals surface area contributed by atoms with Gasteiger partial charge in [-0.15, -0.1) is 0 Å². The van der Waals surface area contributed by atoms with Gasteiger partial charge in [0.1, 0.15) is 6.61 Å². The molecular weight excluding hydrogens is 234 g/mol. The summed E-state index contributed by atoms with van der Waals surface area (Å²) in [4.78, 5) is 27.2. The van der Waals surface area contributed by atoms with Gasteiger partial charge in [-0.3, -0.25) is 14.5 Å². The molecule has 0 unspecified atom stereocenters. The second-order valence-corrected chi connectivity index (χ2v) is 3.79. The Kier molecular flexibility index (Phi) is 3.62. The predicted molar refractivity (Wildman–Crippen MR) is 61.5 cm³/mol. The summed E-state index contributed by atoms with van der Waals surface area (Å²) in [5.74, 6) is -1.10. The third kappa shape index (κ3) is 2.34. The molecule has 92 valence electrons. The Morgan fingerprint density at radius 2 is 2.17 bits per heavy atom. The van der Waals surface area contributed by atoms with Crippen molar-refractivity contribution in [3.05, 3.63) is 41.4 Å². The van der Waals surface area contributed by atoms with Gasteiger partial charge in [-0.1, -0.05) is 30.3 Å². The van der Waals surface area contributed by atoms with Gasteiger partial charge in [0.15, 0.2) is 0 Å². The van der Waals surface area contributed by atoms with E-state index in [4.69, 9.17) is 10.3 Å². The van der Waals surface area contributed by atoms with Crippen LogP contribution < -0.4 is 0 Å². The van der Waals surface area contributed by atoms with E-state index >= 15 is 0 Å². The molecule has 0 bridgehead atoms. The Balaban J connectivity index is 2.34. The quantitative estimate of drug-likeness (QED) is 0.430. The number of amides is 2. The minimum Gasteiger partial charge on any atom is -0.369 e. The lowest BCUT2D eigenvalue weighted by atomic mass is 10.0. The average Bonchev–Trinajstić information content (AvgIpc) is 2.39. The number of nitrogens with zero attached hydrogens (tertiary/aromatic N) is 3. The molecule has 1 aliphatic rings. The average molecular weight is 245 g/mol. The van der Waals surface area contributed by atoms with Gasteiger partial charge in [0.2, 0.25) is 0 Å². The van der Waals surface area contributed by atoms with Crippen molar-refractivity contribution in [2.45, 2.75) is 6.04 Å². The largest absolute Gasteiger partial charge is 0.369 e. The van der Waals surface area contributed by atoms with Crippen LogP contribution in [0.25, 0.3) is 5.53 Å². The molecule has 0 saturated carbocycles. The Labute approximate surface area is 103 Å². The van der Waals surface area contributed by atoms with Crippen LogP contribution in [-0.2, 0) is 14.3 Å². The van der Waals surface area contributed by atoms with Crippen LogP contribution >= 0.6 is 0 Å². The zero-order chi connectivity index (χ0) is 13.0. The van der Waals surface area contributed by atoms with Gasteiger partial charge in [-0.2, -0.15) is 4.79 Å². The van der Waals surface area contributed by atoms with Gasteiger partial charge < -0.3 is 10.3 Å². The van der Waals surface area contributed by atoms with E-state index in [0.29, 0.717) is 6.21 Å². The van der Waals surface area contributed by atoms with Crippen molar-refractivity contribution in [2.75, 3.05) is 13.2 Å². The first-order valence-electron chi connectivity index (χ1n) is 5.40. The molecule has 1 fully saturated rings. The van der Waals surface area contributed by atoms with Gasteiger partial charge in [-0.05, 0) is 5.56 Å². The number of hydrogen-bond acceptors (Lipinski definition) is 3. The molecule has 0 N–H and O–H groups in total. The normalized spacial score (nSPS) is 19.2. The van der Waals surface area contributed by atoms with Crippen LogP contribution in [0.5, 0.6) is 0 Å². The lowest BCUT2D eigenvalue weighted by molar-refractivity contribution is -0.157. The lowest BCUT2D eigenvalue weighted by Gasteiger charge is -2.32. The molecule has 0 radical (unpaired) electrons. The van der Waals surface area contributed by atoms with E-state index in [1.807, 2.05) is 30.3 Å². The van der Waals surface area contributed by atoms with Gasteiger partial charge in [0.05, 0.1) is 12.6 Å². The monoisotopic (exact) mass is 245 g/mol. The number of carbonyl (C=O) groups excluding carboxylic acids is 2. The molecule has 2 rings (SSSR count). The molecule has 18 heavy (non-hydrogen) atoms. The Morgan fingerprint density at radius 3 is 2.83 bits per heavy atom. The molecule has 0 aliphatic carbocycles. The van der Waals surface area contributed by atoms with Gasteiger partial charge in [0, 0.05) is 0 Å². The van der Waals surface area contributed by atoms with Crippen molar-refractivity contribution < 1.29 is 19.1 Å². The van der Waals surface area contributed by atoms with Crippen LogP contribution in [0.3, 0.4) is 0 Å². The highest BCUT2D eigenvalue weighted by molar-refractivity contribution is 6.28. The predicted octanol–water partition coefficient (Wildman–Crippen LogP) is 0.414. The van der Waals surface area contributed by atoms with Gasteiger partial charge >= 0.3 is 12.1 Å². The first-order chi connectivity index (χ1) is 8.74. The third-order valence-electron chi connectivity index (χ3n) is 2.67. The number of hydrogen-bond donors (Lipinski definition) is 0. The topological polar surface area (TPSA) is 83.0 Å². The summed E-state index contributed by atoms with van der Waals surface area (Å²) < 4.78 is 5.16. The molecule has 0 aromatic heterocycles. The summed E-state index contributed by atoms with van der Waals surface area (Å²) in [6, 6.07) is 8.61. The van der Waals surface area contributed by atoms with Crippen LogP contribution in [-0.4, -0.2) is 40.9 Å². The van der Waals surface area contributed by atoms with E-state index < -0.39 is 17.9 Å². The van der Waals surface area contributed by atoms with Crippen LogP contribution in [0, 0.1) is 0 Å². The molecule has 2 amide bonds. The maximum Gasteiger partial charge on any atom is 0.345 e. The number of benzene rings is 1. The van der Waals surface area contributed by atoms with E-state index in [-0.39, 0.29) is 13.2 Å². The van der Waals surface area contributed by atoms with Gasteiger partial charge in [0.25, 0.3) is 5.91 Å². The van der Waals surface area contributed by atoms with E-state index in [2.05, 4.69) is 4.79 Å². The Bertz CT molecular complexity index is 509. The van der Waals surface area contributed by atoms with E-state index in [9.17, 15) is 9.59 Å². The zero-order valence-corrected chi connectivity index (χ0v) is 9.52. The Morgan fingerprint density at radius 1 is 1.44 bits per heavy atom. The van der Waals surface area contributed by atoms with Crippen LogP contribution in [0.2, 0.25) is 0 Å². The smallest absolute Gasteiger partial charge is 0.345 e. The first-order valence-corrected chi connectivity index (χ1v) is 5.40. The lowest BCUT2D eigenvalue weighted by Crippen LogP contribution is -2.48. The van der Waals surface area contributed by atoms with E-state index in [1.165, 1.54) is 0 Å². The summed E-state index contributed by atoms with van der Waals surface area (Å²) in [7, 11) is 0. The summed E-state index contributed by atoms with van der Waals surface area (Å²) in [5, 5.41) is 0. The van der Waals surface area contributed by atoms with E-state index in [1.54, 1.807) is 0 Å². The summed E-state index contributed by atoms with van der Waals surface area (Å²) in [5.41, 5.74) is 9.19. The third-order valence-corrected chi connectivity index (χ3v) is 2.67. The fraction of sp³-hybridized carbons (Fsp3) is 0.250. The number of carbonyl (C=O) groups is 2. The SMILES string of the molecule is [N-]=[N+]=CC(=O)N1C(=O)COC[C@H]1c1ccccc1. The molecule has 6 nitrogen and oxygen atoms in total. The number of rotatable bonds is 2. The first kappa shape index (κ1) is 12.2. The van der Waals surface area contributed by atoms with E-state index in [0.717, 1.165) is 10.5 Å². The standard InChI is InChI=1S/C12H11N3O3/c13-14-6-11(16)15-10(7-18-8-12(15)17)9-4-2-1-3-5-9/h1-6,10H,7-8H2/t10-/m0/s1. The molecule has 0 spiro atoms. The molecule has 6 heteroatoms. The minimum atomic E-state index is -0.653. The molecule has 1 heterocycles. The Hall–Kier alpha value is -2.30. The molecule has 1 atom stereocenters. The van der Waals surface area contributed by atoms with Crippen molar-refractivity contribution in [3.63, 3.8) is 0 Å². The van der Waals surface area contributed by atoms with Gasteiger partial charge in [-0.25, -0.2) is 0 Å². The molecule has 1 aromatic rings. The second-order valence-electron chi connectivity index (χ2n) is 3.79. The minimum absolute atomic E-state index is 0.145. The number of imide groups is 1. The highest BCUT2D eigenvalue weighted by Gasteiger charge is 2.35. The second kappa shape index (κ2) is 5.35. The molecule has 1 aliphatic heterocycles. The maximum absolute atomic E-state index is 11.7. The van der Waals surface area contributed by atoms with Crippen LogP contribution in [0.15, 0.2) is 30.3 Å². The van der Waals surface area contributed by atoms with Crippen molar-refractivity contribution in [2.24, 2.45) is 0 Å². The van der Waals surface area contributed by atoms with Crippen LogP contribution in [0.4, 0.5) is 0 Å². The molecular formula is C12H11N3O3. The molecule has 1 aromatic carbocycles. The van der Waals surface area contributed by atoms with Crippen LogP contribution in [0.1, 0.15) is 11.6 Å². The fourth-order valence-electron chi connectivity index (χ4n) is 1.88. The zero-order valence-electron chi connectivity index (χ0n) is 9.52. The highest BCUT2D eigenvalue weighted by atomic mass is 16.5. The fourth-order valence-corrected chi connectivity index (χ4v) is 1.88. The number of morpholine rings is 1. The van der Waals surface area contributed by atoms with Crippen molar-refractivity contribution in [1.29, 1.82) is 0 Å². The highest BCUT2D eigenvalue weighted by Crippen LogP contribution is 2.24. The summed E-state index contributed by atoms with van der Waals surface area (Å²) >= 11 is 0. The van der Waals surface area contributed by atoms with Crippen molar-refractivity contribution in [3.8, 4) is 0 Å². The van der Waals surface area contributed by atoms with Crippen molar-refractivity contribution in [1.82, 2.24) is 4.90 Å². The number of ether oxygens (including phenoxy) is 1. The summed E-state index contributed by atoms with van der Waals surface area (Å²) in [6.07, 6.45) is 0.708. The summed E-state index contributed by atoms with van der Waals surface area (Å²) in [6.45, 7) is 0.0924. The van der Waals surface area contributed by atoms with Crippen molar-refractivity contribution >= 4 is 18.0 Å². The maximum atomic E-state index is 11.7. The molecule has 1 saturated heterocycles.